The van der Waals surface area contributed by atoms with Crippen LogP contribution < -0.4 is 16.0 Å². The lowest BCUT2D eigenvalue weighted by molar-refractivity contribution is 0.455. The van der Waals surface area contributed by atoms with E-state index in [1.807, 2.05) is 0 Å². The zero-order valence-corrected chi connectivity index (χ0v) is 12.8. The molecule has 3 N–H and O–H groups in total. The van der Waals surface area contributed by atoms with E-state index in [-0.39, 0.29) is 0 Å². The molecule has 1 heterocycles. The van der Waals surface area contributed by atoms with E-state index in [9.17, 15) is 0 Å². The van der Waals surface area contributed by atoms with Gasteiger partial charge in [-0.25, -0.2) is 15.8 Å². The molecule has 1 aromatic heterocycles. The molecule has 0 aliphatic carbocycles. The van der Waals surface area contributed by atoms with Gasteiger partial charge < -0.3 is 10.2 Å². The molecule has 0 spiro atoms. The van der Waals surface area contributed by atoms with Crippen LogP contribution in [0.25, 0.3) is 0 Å². The van der Waals surface area contributed by atoms with Crippen molar-refractivity contribution in [2.45, 2.75) is 0 Å². The number of benzene rings is 1. The minimum absolute atomic E-state index is 0.348. The zero-order chi connectivity index (χ0) is 13.1. The van der Waals surface area contributed by atoms with Crippen LogP contribution in [0.2, 0.25) is 5.02 Å². The van der Waals surface area contributed by atoms with Crippen LogP contribution in [-0.2, 0) is 0 Å². The summed E-state index contributed by atoms with van der Waals surface area (Å²) in [6.45, 7) is 0. The molecule has 0 amide bonds. The third kappa shape index (κ3) is 2.92. The largest absolute Gasteiger partial charge is 0.436 e. The Kier molecular flexibility index (Phi) is 4.39. The highest BCUT2D eigenvalue weighted by atomic mass is 79.9. The molecule has 0 saturated heterocycles. The van der Waals surface area contributed by atoms with Gasteiger partial charge in [0.05, 0.1) is 4.47 Å². The van der Waals surface area contributed by atoms with Gasteiger partial charge in [0.15, 0.2) is 5.82 Å². The van der Waals surface area contributed by atoms with Crippen LogP contribution in [0.1, 0.15) is 0 Å². The van der Waals surface area contributed by atoms with Crippen molar-refractivity contribution in [1.29, 1.82) is 0 Å². The molecule has 0 aliphatic heterocycles. The minimum Gasteiger partial charge on any atom is -0.436 e. The van der Waals surface area contributed by atoms with E-state index in [0.29, 0.717) is 26.9 Å². The number of hydrogen-bond donors (Lipinski definition) is 2. The molecule has 0 bridgehead atoms. The maximum absolute atomic E-state index is 5.85. The summed E-state index contributed by atoms with van der Waals surface area (Å²) >= 11 is 12.5. The number of nitrogens with two attached hydrogens (primary N) is 1. The summed E-state index contributed by atoms with van der Waals surface area (Å²) in [6.07, 6.45) is 1.35. The van der Waals surface area contributed by atoms with Crippen molar-refractivity contribution in [1.82, 2.24) is 9.97 Å². The molecule has 8 heteroatoms. The molecular weight excluding hydrogens is 387 g/mol. The predicted octanol–water partition coefficient (Wildman–Crippen LogP) is 3.73. The number of hydrazine groups is 1. The number of anilines is 1. The summed E-state index contributed by atoms with van der Waals surface area (Å²) < 4.78 is 6.90. The minimum atomic E-state index is 0.348. The van der Waals surface area contributed by atoms with Crippen LogP contribution in [0, 0.1) is 0 Å². The van der Waals surface area contributed by atoms with Gasteiger partial charge in [-0.3, -0.25) is 0 Å². The summed E-state index contributed by atoms with van der Waals surface area (Å²) in [4.78, 5) is 7.94. The Labute approximate surface area is 125 Å². The van der Waals surface area contributed by atoms with Gasteiger partial charge in [-0.2, -0.15) is 0 Å². The van der Waals surface area contributed by atoms with Crippen LogP contribution in [0.3, 0.4) is 0 Å². The third-order valence-electron chi connectivity index (χ3n) is 1.99. The Morgan fingerprint density at radius 3 is 2.72 bits per heavy atom. The van der Waals surface area contributed by atoms with Crippen LogP contribution in [-0.4, -0.2) is 9.97 Å². The van der Waals surface area contributed by atoms with Crippen LogP contribution in [0.5, 0.6) is 11.6 Å². The van der Waals surface area contributed by atoms with Gasteiger partial charge in [-0.1, -0.05) is 11.6 Å². The average Bonchev–Trinajstić information content (AvgIpc) is 2.35. The fourth-order valence-electron chi connectivity index (χ4n) is 1.19. The van der Waals surface area contributed by atoms with Gasteiger partial charge in [0, 0.05) is 5.02 Å². The van der Waals surface area contributed by atoms with Gasteiger partial charge in [-0.15, -0.1) is 0 Å². The lowest BCUT2D eigenvalue weighted by atomic mass is 10.3. The second-order valence-corrected chi connectivity index (χ2v) is 5.25. The zero-order valence-electron chi connectivity index (χ0n) is 8.82. The number of rotatable bonds is 3. The highest BCUT2D eigenvalue weighted by molar-refractivity contribution is 9.11. The first-order valence-electron chi connectivity index (χ1n) is 4.72. The van der Waals surface area contributed by atoms with Crippen molar-refractivity contribution in [3.8, 4) is 11.6 Å². The number of nitrogen functional groups attached to an aromatic ring is 1. The maximum Gasteiger partial charge on any atom is 0.238 e. The molecule has 0 saturated carbocycles. The molecule has 0 atom stereocenters. The molecule has 18 heavy (non-hydrogen) atoms. The Morgan fingerprint density at radius 2 is 2.06 bits per heavy atom. The van der Waals surface area contributed by atoms with Crippen molar-refractivity contribution in [3.63, 3.8) is 0 Å². The first-order valence-corrected chi connectivity index (χ1v) is 6.68. The summed E-state index contributed by atoms with van der Waals surface area (Å²) in [7, 11) is 0. The van der Waals surface area contributed by atoms with E-state index in [1.165, 1.54) is 6.33 Å². The summed E-state index contributed by atoms with van der Waals surface area (Å²) in [5.41, 5.74) is 2.43. The fourth-order valence-corrected chi connectivity index (χ4v) is 2.35. The van der Waals surface area contributed by atoms with Crippen molar-refractivity contribution in [2.24, 2.45) is 5.84 Å². The second kappa shape index (κ2) is 5.83. The fraction of sp³-hybridized carbons (Fsp3) is 0. The highest BCUT2D eigenvalue weighted by Gasteiger charge is 2.11. The van der Waals surface area contributed by atoms with Crippen LogP contribution in [0.15, 0.2) is 33.5 Å². The molecule has 94 valence electrons. The van der Waals surface area contributed by atoms with E-state index in [4.69, 9.17) is 22.2 Å². The third-order valence-corrected chi connectivity index (χ3v) is 3.56. The quantitative estimate of drug-likeness (QED) is 0.613. The van der Waals surface area contributed by atoms with Gasteiger partial charge in [0.1, 0.15) is 16.5 Å². The lowest BCUT2D eigenvalue weighted by Gasteiger charge is -2.10. The molecular formula is C10H7Br2ClN4O. The number of nitrogens with zero attached hydrogens (tertiary/aromatic N) is 2. The molecule has 2 aromatic rings. The smallest absolute Gasteiger partial charge is 0.238 e. The van der Waals surface area contributed by atoms with Crippen LogP contribution >= 0.6 is 43.5 Å². The maximum atomic E-state index is 5.85. The topological polar surface area (TPSA) is 73.1 Å². The highest BCUT2D eigenvalue weighted by Crippen LogP contribution is 2.35. The van der Waals surface area contributed by atoms with E-state index < -0.39 is 0 Å². The van der Waals surface area contributed by atoms with Crippen molar-refractivity contribution < 1.29 is 4.74 Å². The molecule has 1 aromatic carbocycles. The summed E-state index contributed by atoms with van der Waals surface area (Å²) in [6, 6.07) is 5.18. The van der Waals surface area contributed by atoms with E-state index in [2.05, 4.69) is 47.3 Å². The van der Waals surface area contributed by atoms with Crippen molar-refractivity contribution >= 4 is 49.3 Å². The lowest BCUT2D eigenvalue weighted by Crippen LogP contribution is -2.09. The Hall–Kier alpha value is -0.890. The van der Waals surface area contributed by atoms with Gasteiger partial charge in [0.2, 0.25) is 5.88 Å². The first kappa shape index (κ1) is 13.5. The Morgan fingerprint density at radius 1 is 1.28 bits per heavy atom. The number of ether oxygens (including phenoxy) is 1. The Bertz CT molecular complexity index is 582. The average molecular weight is 394 g/mol. The van der Waals surface area contributed by atoms with E-state index >= 15 is 0 Å². The van der Waals surface area contributed by atoms with Crippen LogP contribution in [0.4, 0.5) is 5.82 Å². The summed E-state index contributed by atoms with van der Waals surface area (Å²) in [5, 5.41) is 0.611. The SMILES string of the molecule is NNc1ncnc(Oc2ccc(Cl)cc2Br)c1Br. The molecule has 0 radical (unpaired) electrons. The standard InChI is InChI=1S/C10H7Br2ClN4O/c11-6-3-5(13)1-2-7(6)18-10-8(12)9(17-14)15-4-16-10/h1-4H,14H2,(H,15,16,17). The van der Waals surface area contributed by atoms with Gasteiger partial charge >= 0.3 is 0 Å². The van der Waals surface area contributed by atoms with Gasteiger partial charge in [-0.05, 0) is 50.1 Å². The normalized spacial score (nSPS) is 10.2. The van der Waals surface area contributed by atoms with E-state index in [1.54, 1.807) is 18.2 Å². The predicted molar refractivity (Wildman–Crippen MR) is 76.8 cm³/mol. The number of halogens is 3. The number of hydrogen-bond acceptors (Lipinski definition) is 5. The molecule has 0 fully saturated rings. The molecule has 5 nitrogen and oxygen atoms in total. The summed E-state index contributed by atoms with van der Waals surface area (Å²) in [5.74, 6) is 6.68. The van der Waals surface area contributed by atoms with E-state index in [0.717, 1.165) is 4.47 Å². The second-order valence-electron chi connectivity index (χ2n) is 3.16. The number of aromatic nitrogens is 2. The van der Waals surface area contributed by atoms with Crippen molar-refractivity contribution in [2.75, 3.05) is 5.43 Å². The van der Waals surface area contributed by atoms with Gasteiger partial charge in [0.25, 0.3) is 0 Å². The number of nitrogens with one attached hydrogen (secondary N) is 1. The first-order chi connectivity index (χ1) is 8.61. The van der Waals surface area contributed by atoms with Crippen molar-refractivity contribution in [3.05, 3.63) is 38.5 Å². The molecule has 0 aliphatic rings. The molecule has 2 rings (SSSR count). The molecule has 0 unspecified atom stereocenters. The monoisotopic (exact) mass is 392 g/mol. The Balaban J connectivity index is 2.34.